The van der Waals surface area contributed by atoms with Gasteiger partial charge in [-0.2, -0.15) is 0 Å². The number of nitrogens with one attached hydrogen (secondary N) is 2. The number of unbranched alkanes of at least 4 members (excludes halogenated alkanes) is 1. The van der Waals surface area contributed by atoms with Crippen LogP contribution in [0.1, 0.15) is 19.8 Å². The smallest absolute Gasteiger partial charge is 0.321 e. The summed E-state index contributed by atoms with van der Waals surface area (Å²) >= 11 is 0. The van der Waals surface area contributed by atoms with Gasteiger partial charge in [0.2, 0.25) is 11.8 Å². The Kier molecular flexibility index (Phi) is 8.46. The lowest BCUT2D eigenvalue weighted by molar-refractivity contribution is -0.136. The van der Waals surface area contributed by atoms with Gasteiger partial charge >= 0.3 is 6.03 Å². The molecule has 0 saturated carbocycles. The number of urea groups is 1. The van der Waals surface area contributed by atoms with E-state index in [4.69, 9.17) is 4.74 Å². The van der Waals surface area contributed by atoms with E-state index in [2.05, 4.69) is 10.6 Å². The van der Waals surface area contributed by atoms with Gasteiger partial charge in [0.25, 0.3) is 0 Å². The molecule has 0 bridgehead atoms. The number of carbonyl (C=O) groups excluding carboxylic acids is 3. The summed E-state index contributed by atoms with van der Waals surface area (Å²) in [4.78, 5) is 38.4. The summed E-state index contributed by atoms with van der Waals surface area (Å²) in [5.41, 5.74) is 0. The second-order valence-corrected chi connectivity index (χ2v) is 5.32. The molecule has 8 nitrogen and oxygen atoms in total. The van der Waals surface area contributed by atoms with Gasteiger partial charge in [0.15, 0.2) is 0 Å². The molecule has 0 aromatic rings. The topological polar surface area (TPSA) is 91.0 Å². The van der Waals surface area contributed by atoms with Crippen molar-refractivity contribution in [3.05, 3.63) is 0 Å². The molecule has 0 aliphatic carbocycles. The fourth-order valence-electron chi connectivity index (χ4n) is 2.03. The highest BCUT2D eigenvalue weighted by molar-refractivity contribution is 5.95. The van der Waals surface area contributed by atoms with E-state index >= 15 is 0 Å². The quantitative estimate of drug-likeness (QED) is 0.613. The van der Waals surface area contributed by atoms with Gasteiger partial charge in [-0.25, -0.2) is 4.79 Å². The van der Waals surface area contributed by atoms with Crippen molar-refractivity contribution in [1.29, 1.82) is 0 Å². The molecule has 1 aliphatic rings. The Morgan fingerprint density at radius 3 is 2.50 bits per heavy atom. The third-order valence-corrected chi connectivity index (χ3v) is 3.25. The second kappa shape index (κ2) is 10.1. The van der Waals surface area contributed by atoms with Gasteiger partial charge in [-0.15, -0.1) is 0 Å². The summed E-state index contributed by atoms with van der Waals surface area (Å²) in [6.45, 7) is 4.97. The van der Waals surface area contributed by atoms with E-state index in [9.17, 15) is 14.4 Å². The zero-order valence-corrected chi connectivity index (χ0v) is 13.4. The zero-order chi connectivity index (χ0) is 16.4. The third-order valence-electron chi connectivity index (χ3n) is 3.25. The number of likely N-dealkylation sites (N-methyl/N-ethyl adjacent to an activating group) is 1. The highest BCUT2D eigenvalue weighted by Crippen LogP contribution is 1.98. The lowest BCUT2D eigenvalue weighted by Gasteiger charge is -2.28. The van der Waals surface area contributed by atoms with Crippen molar-refractivity contribution >= 4 is 17.8 Å². The molecule has 8 heteroatoms. The molecule has 22 heavy (non-hydrogen) atoms. The Morgan fingerprint density at radius 2 is 1.86 bits per heavy atom. The molecular formula is C14H26N4O4. The van der Waals surface area contributed by atoms with Crippen molar-refractivity contribution in [3.63, 3.8) is 0 Å². The van der Waals surface area contributed by atoms with Gasteiger partial charge < -0.3 is 15.0 Å². The van der Waals surface area contributed by atoms with Crippen LogP contribution in [0.25, 0.3) is 0 Å². The van der Waals surface area contributed by atoms with Gasteiger partial charge in [-0.05, 0) is 13.5 Å². The maximum atomic E-state index is 12.0. The highest BCUT2D eigenvalue weighted by atomic mass is 16.5. The average Bonchev–Trinajstić information content (AvgIpc) is 2.47. The number of ether oxygens (including phenoxy) is 1. The lowest BCUT2D eigenvalue weighted by atomic mass is 10.3. The van der Waals surface area contributed by atoms with Crippen LogP contribution in [0.4, 0.5) is 4.79 Å². The van der Waals surface area contributed by atoms with Gasteiger partial charge in [0.1, 0.15) is 0 Å². The molecule has 0 unspecified atom stereocenters. The molecule has 1 rings (SSSR count). The Hall–Kier alpha value is -1.67. The first-order valence-electron chi connectivity index (χ1n) is 7.64. The van der Waals surface area contributed by atoms with Crippen molar-refractivity contribution in [2.24, 2.45) is 0 Å². The molecule has 0 aromatic heterocycles. The maximum absolute atomic E-state index is 12.0. The van der Waals surface area contributed by atoms with Crippen LogP contribution in [0.5, 0.6) is 0 Å². The van der Waals surface area contributed by atoms with Crippen molar-refractivity contribution in [2.75, 3.05) is 53.0 Å². The summed E-state index contributed by atoms with van der Waals surface area (Å²) in [5.74, 6) is -0.461. The van der Waals surface area contributed by atoms with Gasteiger partial charge in [0.05, 0.1) is 26.3 Å². The Bertz CT molecular complexity index is 383. The van der Waals surface area contributed by atoms with E-state index < -0.39 is 11.9 Å². The average molecular weight is 314 g/mol. The molecule has 0 atom stereocenters. The molecule has 1 fully saturated rings. The van der Waals surface area contributed by atoms with Gasteiger partial charge in [-0.1, -0.05) is 13.3 Å². The number of nitrogens with zero attached hydrogens (tertiary/aromatic N) is 2. The molecule has 2 N–H and O–H groups in total. The number of hydrogen-bond donors (Lipinski definition) is 2. The minimum Gasteiger partial charge on any atom is -0.378 e. The van der Waals surface area contributed by atoms with Gasteiger partial charge in [0, 0.05) is 19.6 Å². The highest BCUT2D eigenvalue weighted by Gasteiger charge is 2.19. The van der Waals surface area contributed by atoms with Crippen molar-refractivity contribution < 1.29 is 19.1 Å². The van der Waals surface area contributed by atoms with Crippen LogP contribution in [-0.2, 0) is 14.3 Å². The predicted octanol–water partition coefficient (Wildman–Crippen LogP) is -0.597. The third kappa shape index (κ3) is 7.37. The Balaban J connectivity index is 2.22. The van der Waals surface area contributed by atoms with Crippen LogP contribution in [-0.4, -0.2) is 80.6 Å². The minimum atomic E-state index is -0.494. The van der Waals surface area contributed by atoms with Crippen molar-refractivity contribution in [2.45, 2.75) is 19.8 Å². The van der Waals surface area contributed by atoms with E-state index in [1.807, 2.05) is 6.92 Å². The summed E-state index contributed by atoms with van der Waals surface area (Å²) in [6, 6.07) is -0.494. The van der Waals surface area contributed by atoms with Crippen molar-refractivity contribution in [3.8, 4) is 0 Å². The first-order valence-corrected chi connectivity index (χ1v) is 7.64. The van der Waals surface area contributed by atoms with Crippen LogP contribution < -0.4 is 10.6 Å². The number of imide groups is 1. The molecule has 1 saturated heterocycles. The molecule has 0 aromatic carbocycles. The molecule has 0 radical (unpaired) electrons. The van der Waals surface area contributed by atoms with Crippen molar-refractivity contribution in [1.82, 2.24) is 20.4 Å². The Labute approximate surface area is 131 Å². The number of hydrogen-bond acceptors (Lipinski definition) is 5. The minimum absolute atomic E-state index is 0.00270. The summed E-state index contributed by atoms with van der Waals surface area (Å²) in [6.07, 6.45) is 1.84. The number of rotatable bonds is 7. The lowest BCUT2D eigenvalue weighted by Crippen LogP contribution is -2.48. The van der Waals surface area contributed by atoms with Crippen LogP contribution >= 0.6 is 0 Å². The fourth-order valence-corrected chi connectivity index (χ4v) is 2.03. The van der Waals surface area contributed by atoms with Crippen LogP contribution in [0.15, 0.2) is 0 Å². The standard InChI is InChI=1S/C14H26N4O4/c1-3-4-5-15-14(21)16-12(19)10-17(2)11-13(20)18-6-8-22-9-7-18/h3-11H2,1-2H3,(H2,15,16,19,21). The van der Waals surface area contributed by atoms with E-state index in [1.165, 1.54) is 0 Å². The van der Waals surface area contributed by atoms with Gasteiger partial charge in [-0.3, -0.25) is 19.8 Å². The summed E-state index contributed by atoms with van der Waals surface area (Å²) < 4.78 is 5.19. The molecule has 126 valence electrons. The molecule has 4 amide bonds. The normalized spacial score (nSPS) is 14.8. The number of morpholine rings is 1. The first kappa shape index (κ1) is 18.4. The van der Waals surface area contributed by atoms with E-state index in [0.29, 0.717) is 32.8 Å². The summed E-state index contributed by atoms with van der Waals surface area (Å²) in [5, 5.41) is 4.85. The van der Waals surface area contributed by atoms with Crippen LogP contribution in [0.3, 0.4) is 0 Å². The van der Waals surface area contributed by atoms with E-state index in [0.717, 1.165) is 12.8 Å². The second-order valence-electron chi connectivity index (χ2n) is 5.32. The monoisotopic (exact) mass is 314 g/mol. The zero-order valence-electron chi connectivity index (χ0n) is 13.4. The molecule has 1 aliphatic heterocycles. The molecular weight excluding hydrogens is 288 g/mol. The maximum Gasteiger partial charge on any atom is 0.321 e. The summed E-state index contributed by atoms with van der Waals surface area (Å²) in [7, 11) is 1.67. The van der Waals surface area contributed by atoms with Crippen LogP contribution in [0, 0.1) is 0 Å². The van der Waals surface area contributed by atoms with E-state index in [1.54, 1.807) is 16.8 Å². The molecule has 0 spiro atoms. The number of carbonyl (C=O) groups is 3. The SMILES string of the molecule is CCCCNC(=O)NC(=O)CN(C)CC(=O)N1CCOCC1. The number of amides is 4. The largest absolute Gasteiger partial charge is 0.378 e. The van der Waals surface area contributed by atoms with Crippen LogP contribution in [0.2, 0.25) is 0 Å². The van der Waals surface area contributed by atoms with E-state index in [-0.39, 0.29) is 19.0 Å². The predicted molar refractivity (Wildman–Crippen MR) is 81.3 cm³/mol. The fraction of sp³-hybridized carbons (Fsp3) is 0.786. The first-order chi connectivity index (χ1) is 10.5. The Morgan fingerprint density at radius 1 is 1.18 bits per heavy atom. The molecule has 1 heterocycles.